The van der Waals surface area contributed by atoms with Crippen molar-refractivity contribution >= 4 is 11.8 Å². The van der Waals surface area contributed by atoms with Gasteiger partial charge in [0.15, 0.2) is 0 Å². The SMILES string of the molecule is CC1(C)C[C@H](NC(=O)c2ccccc2)[C@@]2(CCC(=O)NCc3ccco3)CC[C@](C)(O)C[C@@H]12. The number of aliphatic hydroxyl groups is 1. The summed E-state index contributed by atoms with van der Waals surface area (Å²) in [4.78, 5) is 25.8. The number of benzene rings is 1. The summed E-state index contributed by atoms with van der Waals surface area (Å²) in [5, 5.41) is 17.2. The molecule has 0 saturated heterocycles. The van der Waals surface area contributed by atoms with Crippen molar-refractivity contribution in [3.8, 4) is 0 Å². The molecule has 4 atom stereocenters. The molecule has 4 rings (SSSR count). The van der Waals surface area contributed by atoms with E-state index in [0.29, 0.717) is 37.8 Å². The Hall–Kier alpha value is -2.60. The number of nitrogens with one attached hydrogen (secondary N) is 2. The minimum atomic E-state index is -0.717. The van der Waals surface area contributed by atoms with Gasteiger partial charge in [-0.1, -0.05) is 32.0 Å². The van der Waals surface area contributed by atoms with Crippen molar-refractivity contribution < 1.29 is 19.1 Å². The van der Waals surface area contributed by atoms with Crippen molar-refractivity contribution in [1.82, 2.24) is 10.6 Å². The molecule has 1 aromatic heterocycles. The van der Waals surface area contributed by atoms with Crippen LogP contribution < -0.4 is 10.6 Å². The first-order chi connectivity index (χ1) is 15.6. The standard InChI is InChI=1S/C27H36N2O4/c1-25(2)17-22(29-24(31)19-8-5-4-6-9-19)27(14-13-26(3,32)16-21(25)27)12-11-23(30)28-18-20-10-7-15-33-20/h4-10,15,21-22,32H,11-14,16-18H2,1-3H3,(H,28,30)(H,29,31)/t21-,22-,26-,27-/m0/s1. The van der Waals surface area contributed by atoms with Gasteiger partial charge in [-0.25, -0.2) is 0 Å². The highest BCUT2D eigenvalue weighted by Crippen LogP contribution is 2.63. The molecular weight excluding hydrogens is 416 g/mol. The molecular formula is C27H36N2O4. The summed E-state index contributed by atoms with van der Waals surface area (Å²) in [5.74, 6) is 0.849. The fourth-order valence-corrected chi connectivity index (χ4v) is 6.30. The van der Waals surface area contributed by atoms with E-state index in [1.807, 2.05) is 43.3 Å². The summed E-state index contributed by atoms with van der Waals surface area (Å²) < 4.78 is 5.31. The van der Waals surface area contributed by atoms with Gasteiger partial charge in [0.05, 0.1) is 18.4 Å². The van der Waals surface area contributed by atoms with Gasteiger partial charge in [-0.15, -0.1) is 0 Å². The van der Waals surface area contributed by atoms with Crippen LogP contribution in [0.25, 0.3) is 0 Å². The van der Waals surface area contributed by atoms with Gasteiger partial charge >= 0.3 is 0 Å². The largest absolute Gasteiger partial charge is 0.467 e. The van der Waals surface area contributed by atoms with E-state index >= 15 is 0 Å². The summed E-state index contributed by atoms with van der Waals surface area (Å²) in [6.07, 6.45) is 5.64. The second-order valence-corrected chi connectivity index (χ2v) is 10.9. The topological polar surface area (TPSA) is 91.6 Å². The number of rotatable bonds is 7. The van der Waals surface area contributed by atoms with Crippen molar-refractivity contribution in [2.75, 3.05) is 0 Å². The van der Waals surface area contributed by atoms with Crippen LogP contribution in [0.4, 0.5) is 0 Å². The molecule has 1 aromatic carbocycles. The summed E-state index contributed by atoms with van der Waals surface area (Å²) >= 11 is 0. The highest BCUT2D eigenvalue weighted by molar-refractivity contribution is 5.94. The number of hydrogen-bond acceptors (Lipinski definition) is 4. The van der Waals surface area contributed by atoms with Gasteiger partial charge < -0.3 is 20.2 Å². The zero-order chi connectivity index (χ0) is 23.7. The van der Waals surface area contributed by atoms with Gasteiger partial charge in [-0.3, -0.25) is 9.59 Å². The molecule has 1 heterocycles. The highest BCUT2D eigenvalue weighted by atomic mass is 16.3. The molecule has 2 aliphatic rings. The number of hydrogen-bond donors (Lipinski definition) is 3. The van der Waals surface area contributed by atoms with E-state index in [1.165, 1.54) is 0 Å². The third-order valence-corrected chi connectivity index (χ3v) is 8.03. The van der Waals surface area contributed by atoms with Gasteiger partial charge in [0.1, 0.15) is 5.76 Å². The number of fused-ring (bicyclic) bond motifs is 1. The summed E-state index contributed by atoms with van der Waals surface area (Å²) in [6, 6.07) is 12.9. The van der Waals surface area contributed by atoms with E-state index in [1.54, 1.807) is 12.3 Å². The summed E-state index contributed by atoms with van der Waals surface area (Å²) in [6.45, 7) is 6.76. The van der Waals surface area contributed by atoms with Crippen LogP contribution in [0.15, 0.2) is 53.1 Å². The maximum Gasteiger partial charge on any atom is 0.251 e. The zero-order valence-electron chi connectivity index (χ0n) is 19.9. The molecule has 2 amide bonds. The predicted octanol–water partition coefficient (Wildman–Crippen LogP) is 4.44. The molecule has 178 valence electrons. The van der Waals surface area contributed by atoms with Crippen LogP contribution in [0, 0.1) is 16.7 Å². The van der Waals surface area contributed by atoms with Crippen molar-refractivity contribution in [3.63, 3.8) is 0 Å². The van der Waals surface area contributed by atoms with Gasteiger partial charge in [0.2, 0.25) is 5.91 Å². The van der Waals surface area contributed by atoms with E-state index in [-0.39, 0.29) is 34.6 Å². The van der Waals surface area contributed by atoms with E-state index in [9.17, 15) is 14.7 Å². The Morgan fingerprint density at radius 1 is 1.06 bits per heavy atom. The zero-order valence-corrected chi connectivity index (χ0v) is 19.9. The lowest BCUT2D eigenvalue weighted by Crippen LogP contribution is -2.52. The fraction of sp³-hybridized carbons (Fsp3) is 0.556. The number of carbonyl (C=O) groups excluding carboxylic acids is 2. The molecule has 3 N–H and O–H groups in total. The van der Waals surface area contributed by atoms with Crippen molar-refractivity contribution in [2.24, 2.45) is 16.7 Å². The van der Waals surface area contributed by atoms with Gasteiger partial charge in [0, 0.05) is 18.0 Å². The number of amides is 2. The molecule has 0 radical (unpaired) electrons. The Morgan fingerprint density at radius 2 is 1.82 bits per heavy atom. The second-order valence-electron chi connectivity index (χ2n) is 10.9. The van der Waals surface area contributed by atoms with Crippen molar-refractivity contribution in [2.45, 2.75) is 77.5 Å². The normalized spacial score (nSPS) is 30.4. The van der Waals surface area contributed by atoms with E-state index < -0.39 is 5.60 Å². The lowest BCUT2D eigenvalue weighted by molar-refractivity contribution is -0.123. The van der Waals surface area contributed by atoms with Crippen molar-refractivity contribution in [1.29, 1.82) is 0 Å². The van der Waals surface area contributed by atoms with Crippen LogP contribution in [-0.2, 0) is 11.3 Å². The Morgan fingerprint density at radius 3 is 2.52 bits per heavy atom. The lowest BCUT2D eigenvalue weighted by atomic mass is 9.57. The molecule has 2 fully saturated rings. The lowest BCUT2D eigenvalue weighted by Gasteiger charge is -2.50. The molecule has 6 heteroatoms. The molecule has 0 bridgehead atoms. The molecule has 2 aliphatic carbocycles. The average molecular weight is 453 g/mol. The average Bonchev–Trinajstić information content (AvgIpc) is 3.36. The Balaban J connectivity index is 1.53. The molecule has 6 nitrogen and oxygen atoms in total. The van der Waals surface area contributed by atoms with E-state index in [0.717, 1.165) is 18.6 Å². The summed E-state index contributed by atoms with van der Waals surface area (Å²) in [7, 11) is 0. The molecule has 0 unspecified atom stereocenters. The number of carbonyl (C=O) groups is 2. The fourth-order valence-electron chi connectivity index (χ4n) is 6.30. The Bertz CT molecular complexity index is 967. The minimum absolute atomic E-state index is 0.0188. The van der Waals surface area contributed by atoms with Crippen LogP contribution in [-0.4, -0.2) is 28.6 Å². The van der Waals surface area contributed by atoms with Gasteiger partial charge in [0.25, 0.3) is 5.91 Å². The molecule has 2 saturated carbocycles. The van der Waals surface area contributed by atoms with Crippen LogP contribution in [0.1, 0.15) is 75.4 Å². The van der Waals surface area contributed by atoms with Crippen LogP contribution >= 0.6 is 0 Å². The summed E-state index contributed by atoms with van der Waals surface area (Å²) in [5.41, 5.74) is -0.347. The first kappa shape index (κ1) is 23.6. The van der Waals surface area contributed by atoms with Gasteiger partial charge in [-0.2, -0.15) is 0 Å². The van der Waals surface area contributed by atoms with Crippen LogP contribution in [0.2, 0.25) is 0 Å². The number of furan rings is 1. The molecule has 0 spiro atoms. The third kappa shape index (κ3) is 5.01. The quantitative estimate of drug-likeness (QED) is 0.579. The van der Waals surface area contributed by atoms with Crippen LogP contribution in [0.5, 0.6) is 0 Å². The Labute approximate surface area is 196 Å². The van der Waals surface area contributed by atoms with Crippen molar-refractivity contribution in [3.05, 3.63) is 60.1 Å². The molecule has 2 aromatic rings. The Kier molecular flexibility index (Phi) is 6.41. The van der Waals surface area contributed by atoms with Crippen LogP contribution in [0.3, 0.4) is 0 Å². The first-order valence-electron chi connectivity index (χ1n) is 12.0. The highest BCUT2D eigenvalue weighted by Gasteiger charge is 2.61. The first-order valence-corrected chi connectivity index (χ1v) is 12.0. The van der Waals surface area contributed by atoms with E-state index in [4.69, 9.17) is 4.42 Å². The predicted molar refractivity (Wildman–Crippen MR) is 126 cm³/mol. The monoisotopic (exact) mass is 452 g/mol. The minimum Gasteiger partial charge on any atom is -0.467 e. The molecule has 0 aliphatic heterocycles. The van der Waals surface area contributed by atoms with E-state index in [2.05, 4.69) is 24.5 Å². The van der Waals surface area contributed by atoms with Gasteiger partial charge in [-0.05, 0) is 80.0 Å². The maximum absolute atomic E-state index is 13.1. The maximum atomic E-state index is 13.1. The smallest absolute Gasteiger partial charge is 0.251 e. The molecule has 33 heavy (non-hydrogen) atoms. The third-order valence-electron chi connectivity index (χ3n) is 8.03. The second kappa shape index (κ2) is 8.98.